The number of aromatic amines is 1. The highest BCUT2D eigenvalue weighted by Crippen LogP contribution is 2.26. The van der Waals surface area contributed by atoms with Gasteiger partial charge in [0.1, 0.15) is 5.65 Å². The number of halogens is 1. The standard InChI is InChI=1S/C20H21ClN4/c1-20(2,22)11-23-18-14-10-12(21)8-9-16(14)25(3)19-17(18)13-6-4-5-7-15(13)24-19/h4-10,24H,11,22H2,1-3H3. The van der Waals surface area contributed by atoms with Crippen molar-refractivity contribution in [3.63, 3.8) is 0 Å². The summed E-state index contributed by atoms with van der Waals surface area (Å²) < 4.78 is 2.16. The van der Waals surface area contributed by atoms with Gasteiger partial charge in [-0.15, -0.1) is 0 Å². The Balaban J connectivity index is 2.27. The normalized spacial score (nSPS) is 13.4. The number of nitrogens with one attached hydrogen (secondary N) is 1. The van der Waals surface area contributed by atoms with Gasteiger partial charge in [0.25, 0.3) is 0 Å². The van der Waals surface area contributed by atoms with Crippen molar-refractivity contribution in [2.45, 2.75) is 19.4 Å². The first-order chi connectivity index (χ1) is 11.8. The van der Waals surface area contributed by atoms with Crippen LogP contribution in [0.25, 0.3) is 32.8 Å². The first-order valence-electron chi connectivity index (χ1n) is 8.33. The van der Waals surface area contributed by atoms with Crippen LogP contribution in [0.5, 0.6) is 0 Å². The topological polar surface area (TPSA) is 59.1 Å². The van der Waals surface area contributed by atoms with Crippen LogP contribution in [-0.2, 0) is 7.05 Å². The Morgan fingerprint density at radius 3 is 2.68 bits per heavy atom. The molecule has 2 aromatic carbocycles. The first-order valence-corrected chi connectivity index (χ1v) is 8.71. The Bertz CT molecular complexity index is 1180. The Morgan fingerprint density at radius 2 is 1.92 bits per heavy atom. The minimum atomic E-state index is -0.374. The maximum Gasteiger partial charge on any atom is 0.120 e. The third kappa shape index (κ3) is 2.71. The molecule has 0 aliphatic rings. The molecule has 4 aromatic rings. The summed E-state index contributed by atoms with van der Waals surface area (Å²) in [7, 11) is 2.06. The highest BCUT2D eigenvalue weighted by atomic mass is 35.5. The number of aryl methyl sites for hydroxylation is 1. The summed E-state index contributed by atoms with van der Waals surface area (Å²) >= 11 is 6.29. The van der Waals surface area contributed by atoms with Crippen LogP contribution >= 0.6 is 11.6 Å². The van der Waals surface area contributed by atoms with Crippen molar-refractivity contribution in [3.05, 3.63) is 52.8 Å². The molecule has 4 nitrogen and oxygen atoms in total. The van der Waals surface area contributed by atoms with E-state index >= 15 is 0 Å². The molecule has 0 aliphatic heterocycles. The molecule has 3 N–H and O–H groups in total. The minimum absolute atomic E-state index is 0.374. The van der Waals surface area contributed by atoms with Crippen LogP contribution in [0.4, 0.5) is 0 Å². The van der Waals surface area contributed by atoms with Gasteiger partial charge in [-0.1, -0.05) is 29.8 Å². The van der Waals surface area contributed by atoms with Gasteiger partial charge in [-0.05, 0) is 38.1 Å². The van der Waals surface area contributed by atoms with Crippen LogP contribution in [0.2, 0.25) is 5.02 Å². The van der Waals surface area contributed by atoms with Crippen molar-refractivity contribution < 1.29 is 0 Å². The van der Waals surface area contributed by atoms with Crippen LogP contribution in [0.1, 0.15) is 13.8 Å². The van der Waals surface area contributed by atoms with Crippen molar-refractivity contribution in [2.24, 2.45) is 17.8 Å². The molecule has 0 radical (unpaired) electrons. The van der Waals surface area contributed by atoms with Crippen LogP contribution in [0.3, 0.4) is 0 Å². The number of pyridine rings is 1. The Hall–Kier alpha value is -2.30. The Morgan fingerprint density at radius 1 is 1.16 bits per heavy atom. The molecule has 128 valence electrons. The van der Waals surface area contributed by atoms with E-state index in [1.54, 1.807) is 0 Å². The van der Waals surface area contributed by atoms with Crippen molar-refractivity contribution in [1.29, 1.82) is 0 Å². The van der Waals surface area contributed by atoms with Gasteiger partial charge in [0, 0.05) is 33.9 Å². The van der Waals surface area contributed by atoms with Crippen molar-refractivity contribution >= 4 is 44.4 Å². The Labute approximate surface area is 150 Å². The molecular formula is C20H21ClN4. The molecule has 0 spiro atoms. The monoisotopic (exact) mass is 352 g/mol. The zero-order valence-electron chi connectivity index (χ0n) is 14.6. The summed E-state index contributed by atoms with van der Waals surface area (Å²) in [4.78, 5) is 8.45. The van der Waals surface area contributed by atoms with Crippen molar-refractivity contribution in [1.82, 2.24) is 9.55 Å². The quantitative estimate of drug-likeness (QED) is 0.560. The van der Waals surface area contributed by atoms with Gasteiger partial charge >= 0.3 is 0 Å². The fraction of sp³-hybridized carbons (Fsp3) is 0.250. The highest BCUT2D eigenvalue weighted by Gasteiger charge is 2.15. The van der Waals surface area contributed by atoms with E-state index in [4.69, 9.17) is 22.3 Å². The van der Waals surface area contributed by atoms with Gasteiger partial charge in [0.05, 0.1) is 22.8 Å². The molecule has 0 fully saturated rings. The fourth-order valence-electron chi connectivity index (χ4n) is 3.31. The van der Waals surface area contributed by atoms with Crippen LogP contribution in [0.15, 0.2) is 47.5 Å². The number of rotatable bonds is 2. The molecule has 0 atom stereocenters. The second-order valence-electron chi connectivity index (χ2n) is 7.27. The smallest absolute Gasteiger partial charge is 0.120 e. The fourth-order valence-corrected chi connectivity index (χ4v) is 3.48. The van der Waals surface area contributed by atoms with Gasteiger partial charge < -0.3 is 15.3 Å². The summed E-state index contributed by atoms with van der Waals surface area (Å²) in [5, 5.41) is 4.95. The van der Waals surface area contributed by atoms with Crippen molar-refractivity contribution in [3.8, 4) is 0 Å². The number of H-pyrrole nitrogens is 1. The van der Waals surface area contributed by atoms with E-state index < -0.39 is 0 Å². The molecule has 25 heavy (non-hydrogen) atoms. The van der Waals surface area contributed by atoms with E-state index in [1.165, 1.54) is 0 Å². The second-order valence-corrected chi connectivity index (χ2v) is 7.70. The molecule has 0 saturated carbocycles. The third-order valence-electron chi connectivity index (χ3n) is 4.48. The molecule has 0 saturated heterocycles. The summed E-state index contributed by atoms with van der Waals surface area (Å²) in [6.45, 7) is 4.51. The first kappa shape index (κ1) is 16.2. The average Bonchev–Trinajstić information content (AvgIpc) is 2.93. The zero-order valence-corrected chi connectivity index (χ0v) is 15.4. The lowest BCUT2D eigenvalue weighted by Gasteiger charge is -2.15. The number of para-hydroxylation sites is 1. The van der Waals surface area contributed by atoms with Gasteiger partial charge in [0.2, 0.25) is 0 Å². The molecule has 4 rings (SSSR count). The summed E-state index contributed by atoms with van der Waals surface area (Å²) in [5.41, 5.74) is 9.03. The molecular weight excluding hydrogens is 332 g/mol. The van der Waals surface area contributed by atoms with E-state index in [0.717, 1.165) is 38.2 Å². The number of hydrogen-bond acceptors (Lipinski definition) is 2. The lowest BCUT2D eigenvalue weighted by molar-refractivity contribution is 0.529. The number of benzene rings is 2. The maximum absolute atomic E-state index is 6.29. The number of nitrogens with two attached hydrogens (primary N) is 1. The summed E-state index contributed by atoms with van der Waals surface area (Å²) in [5.74, 6) is 0. The van der Waals surface area contributed by atoms with E-state index in [9.17, 15) is 0 Å². The highest BCUT2D eigenvalue weighted by molar-refractivity contribution is 6.31. The van der Waals surface area contributed by atoms with E-state index in [0.29, 0.717) is 11.6 Å². The largest absolute Gasteiger partial charge is 0.341 e. The molecule has 2 heterocycles. The molecule has 0 bridgehead atoms. The SMILES string of the molecule is Cn1c2ccc(Cl)cc2c(=NCC(C)(C)N)c2c3ccccc3[nH]c21. The zero-order chi connectivity index (χ0) is 17.8. The number of aromatic nitrogens is 2. The van der Waals surface area contributed by atoms with Crippen LogP contribution < -0.4 is 11.1 Å². The number of nitrogens with zero attached hydrogens (tertiary/aromatic N) is 2. The summed E-state index contributed by atoms with van der Waals surface area (Å²) in [6, 6.07) is 14.2. The summed E-state index contributed by atoms with van der Waals surface area (Å²) in [6.07, 6.45) is 0. The van der Waals surface area contributed by atoms with E-state index in [-0.39, 0.29) is 5.54 Å². The Kier molecular flexibility index (Phi) is 3.63. The predicted molar refractivity (Wildman–Crippen MR) is 106 cm³/mol. The number of fused-ring (bicyclic) bond motifs is 4. The molecule has 0 amide bonds. The van der Waals surface area contributed by atoms with E-state index in [1.807, 2.05) is 38.1 Å². The van der Waals surface area contributed by atoms with Crippen molar-refractivity contribution in [2.75, 3.05) is 6.54 Å². The minimum Gasteiger partial charge on any atom is -0.341 e. The molecule has 0 aliphatic carbocycles. The van der Waals surface area contributed by atoms with Gasteiger partial charge in [-0.25, -0.2) is 0 Å². The van der Waals surface area contributed by atoms with Gasteiger partial charge in [0.15, 0.2) is 0 Å². The predicted octanol–water partition coefficient (Wildman–Crippen LogP) is 4.10. The lowest BCUT2D eigenvalue weighted by atomic mass is 10.1. The molecule has 2 aromatic heterocycles. The molecule has 0 unspecified atom stereocenters. The lowest BCUT2D eigenvalue weighted by Crippen LogP contribution is -2.36. The second kappa shape index (κ2) is 5.61. The third-order valence-corrected chi connectivity index (χ3v) is 4.71. The maximum atomic E-state index is 6.29. The molecule has 5 heteroatoms. The van der Waals surface area contributed by atoms with Gasteiger partial charge in [-0.3, -0.25) is 4.99 Å². The van der Waals surface area contributed by atoms with Crippen LogP contribution in [0, 0.1) is 0 Å². The van der Waals surface area contributed by atoms with E-state index in [2.05, 4.69) is 34.8 Å². The van der Waals surface area contributed by atoms with Gasteiger partial charge in [-0.2, -0.15) is 0 Å². The average molecular weight is 353 g/mol. The number of hydrogen-bond donors (Lipinski definition) is 2. The van der Waals surface area contributed by atoms with Crippen LogP contribution in [-0.4, -0.2) is 21.6 Å².